The molecular weight excluding hydrogens is 324 g/mol. The first-order chi connectivity index (χ1) is 12.1. The van der Waals surface area contributed by atoms with Crippen LogP contribution in [0.1, 0.15) is 10.4 Å². The van der Waals surface area contributed by atoms with Crippen molar-refractivity contribution >= 4 is 22.4 Å². The first-order valence-electron chi connectivity index (χ1n) is 8.16. The minimum atomic E-state index is -1.05. The number of anilines is 1. The average Bonchev–Trinajstić information content (AvgIpc) is 2.61. The lowest BCUT2D eigenvalue weighted by Crippen LogP contribution is -2.38. The molecule has 7 heteroatoms. The number of carbonyl (C=O) groups is 1. The first kappa shape index (κ1) is 17.3. The molecule has 0 bridgehead atoms. The van der Waals surface area contributed by atoms with Gasteiger partial charge in [0.2, 0.25) is 0 Å². The molecule has 7 nitrogen and oxygen atoms in total. The van der Waals surface area contributed by atoms with Gasteiger partial charge in [-0.2, -0.15) is 0 Å². The summed E-state index contributed by atoms with van der Waals surface area (Å²) in [5, 5.41) is 10.7. The summed E-state index contributed by atoms with van der Waals surface area (Å²) < 4.78 is 16.6. The summed E-state index contributed by atoms with van der Waals surface area (Å²) >= 11 is 0. The highest BCUT2D eigenvalue weighted by molar-refractivity contribution is 6.01. The number of carboxylic acid groups (broad SMARTS) is 1. The van der Waals surface area contributed by atoms with E-state index in [0.29, 0.717) is 18.1 Å². The average molecular weight is 346 g/mol. The zero-order valence-electron chi connectivity index (χ0n) is 14.2. The Kier molecular flexibility index (Phi) is 5.25. The van der Waals surface area contributed by atoms with Crippen molar-refractivity contribution < 1.29 is 24.1 Å². The SMILES string of the molecule is COc1cc2cc(C(=O)O)c(N)cc2cc1OCCN1CCOCC1. The molecule has 2 aromatic carbocycles. The lowest BCUT2D eigenvalue weighted by atomic mass is 10.0. The number of rotatable bonds is 6. The van der Waals surface area contributed by atoms with Crippen molar-refractivity contribution in [3.05, 3.63) is 29.8 Å². The first-order valence-corrected chi connectivity index (χ1v) is 8.16. The summed E-state index contributed by atoms with van der Waals surface area (Å²) in [5.41, 5.74) is 6.14. The van der Waals surface area contributed by atoms with Crippen molar-refractivity contribution in [2.24, 2.45) is 0 Å². The van der Waals surface area contributed by atoms with Crippen molar-refractivity contribution in [2.75, 3.05) is 52.3 Å². The van der Waals surface area contributed by atoms with E-state index >= 15 is 0 Å². The van der Waals surface area contributed by atoms with Crippen LogP contribution in [0.25, 0.3) is 10.8 Å². The van der Waals surface area contributed by atoms with Crippen LogP contribution in [-0.2, 0) is 4.74 Å². The van der Waals surface area contributed by atoms with Crippen LogP contribution in [0.5, 0.6) is 11.5 Å². The van der Waals surface area contributed by atoms with Crippen molar-refractivity contribution in [1.82, 2.24) is 4.90 Å². The van der Waals surface area contributed by atoms with Gasteiger partial charge >= 0.3 is 5.97 Å². The van der Waals surface area contributed by atoms with Crippen LogP contribution in [0.4, 0.5) is 5.69 Å². The van der Waals surface area contributed by atoms with E-state index in [-0.39, 0.29) is 11.3 Å². The Morgan fingerprint density at radius 1 is 1.20 bits per heavy atom. The smallest absolute Gasteiger partial charge is 0.337 e. The number of hydrogen-bond acceptors (Lipinski definition) is 6. The Labute approximate surface area is 145 Å². The summed E-state index contributed by atoms with van der Waals surface area (Å²) in [4.78, 5) is 13.5. The molecule has 3 N–H and O–H groups in total. The third-order valence-corrected chi connectivity index (χ3v) is 4.29. The standard InChI is InChI=1S/C18H22N2O5/c1-23-16-10-12-8-14(18(21)22)15(19)9-13(12)11-17(16)25-7-4-20-2-5-24-6-3-20/h8-11H,2-7,19H2,1H3,(H,21,22). The van der Waals surface area contributed by atoms with Crippen molar-refractivity contribution in [1.29, 1.82) is 0 Å². The topological polar surface area (TPSA) is 94.2 Å². The van der Waals surface area contributed by atoms with Gasteiger partial charge in [-0.1, -0.05) is 0 Å². The number of benzene rings is 2. The van der Waals surface area contributed by atoms with Gasteiger partial charge < -0.3 is 25.1 Å². The van der Waals surface area contributed by atoms with Gasteiger partial charge in [0.1, 0.15) is 6.61 Å². The lowest BCUT2D eigenvalue weighted by Gasteiger charge is -2.26. The zero-order chi connectivity index (χ0) is 17.8. The molecule has 1 aliphatic rings. The van der Waals surface area contributed by atoms with Gasteiger partial charge in [-0.15, -0.1) is 0 Å². The Balaban J connectivity index is 1.79. The van der Waals surface area contributed by atoms with Gasteiger partial charge in [-0.3, -0.25) is 4.90 Å². The fraction of sp³-hybridized carbons (Fsp3) is 0.389. The molecule has 134 valence electrons. The molecule has 1 saturated heterocycles. The molecule has 3 rings (SSSR count). The molecule has 0 aromatic heterocycles. The lowest BCUT2D eigenvalue weighted by molar-refractivity contribution is 0.0321. The molecule has 0 spiro atoms. The van der Waals surface area contributed by atoms with E-state index in [9.17, 15) is 9.90 Å². The number of aromatic carboxylic acids is 1. The van der Waals surface area contributed by atoms with E-state index in [0.717, 1.165) is 43.6 Å². The summed E-state index contributed by atoms with van der Waals surface area (Å²) in [6.45, 7) is 4.67. The van der Waals surface area contributed by atoms with E-state index in [1.54, 1.807) is 25.3 Å². The molecule has 0 aliphatic carbocycles. The van der Waals surface area contributed by atoms with Crippen LogP contribution in [0.15, 0.2) is 24.3 Å². The minimum Gasteiger partial charge on any atom is -0.493 e. The van der Waals surface area contributed by atoms with E-state index in [2.05, 4.69) is 4.90 Å². The molecule has 0 amide bonds. The number of carboxylic acids is 1. The fourth-order valence-electron chi connectivity index (χ4n) is 2.89. The maximum absolute atomic E-state index is 11.2. The second-order valence-electron chi connectivity index (χ2n) is 5.90. The quantitative estimate of drug-likeness (QED) is 0.771. The number of methoxy groups -OCH3 is 1. The number of nitrogen functional groups attached to an aromatic ring is 1. The van der Waals surface area contributed by atoms with E-state index < -0.39 is 5.97 Å². The minimum absolute atomic E-state index is 0.0792. The second-order valence-corrected chi connectivity index (χ2v) is 5.90. The molecule has 25 heavy (non-hydrogen) atoms. The van der Waals surface area contributed by atoms with Gasteiger partial charge in [-0.05, 0) is 35.0 Å². The number of nitrogens with two attached hydrogens (primary N) is 1. The van der Waals surface area contributed by atoms with E-state index in [1.807, 2.05) is 6.07 Å². The largest absolute Gasteiger partial charge is 0.493 e. The summed E-state index contributed by atoms with van der Waals surface area (Å²) in [6.07, 6.45) is 0. The molecule has 1 aliphatic heterocycles. The highest BCUT2D eigenvalue weighted by atomic mass is 16.5. The van der Waals surface area contributed by atoms with Crippen LogP contribution < -0.4 is 15.2 Å². The van der Waals surface area contributed by atoms with Crippen molar-refractivity contribution in [3.63, 3.8) is 0 Å². The maximum atomic E-state index is 11.2. The number of fused-ring (bicyclic) bond motifs is 1. The van der Waals surface area contributed by atoms with Gasteiger partial charge in [0.15, 0.2) is 11.5 Å². The van der Waals surface area contributed by atoms with Gasteiger partial charge in [0, 0.05) is 25.3 Å². The molecule has 0 radical (unpaired) electrons. The molecule has 0 unspecified atom stereocenters. The van der Waals surface area contributed by atoms with Crippen LogP contribution in [0, 0.1) is 0 Å². The van der Waals surface area contributed by atoms with E-state index in [1.165, 1.54) is 0 Å². The number of morpholine rings is 1. The fourth-order valence-corrected chi connectivity index (χ4v) is 2.89. The predicted molar refractivity (Wildman–Crippen MR) is 94.6 cm³/mol. The van der Waals surface area contributed by atoms with Crippen molar-refractivity contribution in [2.45, 2.75) is 0 Å². The molecule has 0 saturated carbocycles. The van der Waals surface area contributed by atoms with Crippen LogP contribution in [-0.4, -0.2) is 62.5 Å². The highest BCUT2D eigenvalue weighted by Crippen LogP contribution is 2.34. The summed E-state index contributed by atoms with van der Waals surface area (Å²) in [7, 11) is 1.56. The summed E-state index contributed by atoms with van der Waals surface area (Å²) in [6, 6.07) is 6.79. The normalized spacial score (nSPS) is 15.2. The van der Waals surface area contributed by atoms with Crippen LogP contribution in [0.3, 0.4) is 0 Å². The highest BCUT2D eigenvalue weighted by Gasteiger charge is 2.14. The zero-order valence-corrected chi connectivity index (χ0v) is 14.2. The Morgan fingerprint density at radius 3 is 2.56 bits per heavy atom. The Bertz CT molecular complexity index is 772. The third-order valence-electron chi connectivity index (χ3n) is 4.29. The molecular formula is C18H22N2O5. The monoisotopic (exact) mass is 346 g/mol. The Morgan fingerprint density at radius 2 is 1.88 bits per heavy atom. The number of nitrogens with zero attached hydrogens (tertiary/aromatic N) is 1. The predicted octanol–water partition coefficient (Wildman–Crippen LogP) is 1.84. The number of ether oxygens (including phenoxy) is 3. The molecule has 0 atom stereocenters. The van der Waals surface area contributed by atoms with Gasteiger partial charge in [0.05, 0.1) is 25.9 Å². The molecule has 1 fully saturated rings. The van der Waals surface area contributed by atoms with Crippen LogP contribution in [0.2, 0.25) is 0 Å². The molecule has 2 aromatic rings. The second kappa shape index (κ2) is 7.58. The maximum Gasteiger partial charge on any atom is 0.337 e. The van der Waals surface area contributed by atoms with E-state index in [4.69, 9.17) is 19.9 Å². The third kappa shape index (κ3) is 3.94. The number of hydrogen-bond donors (Lipinski definition) is 2. The Hall–Kier alpha value is -2.51. The van der Waals surface area contributed by atoms with Crippen LogP contribution >= 0.6 is 0 Å². The van der Waals surface area contributed by atoms with Gasteiger partial charge in [0.25, 0.3) is 0 Å². The van der Waals surface area contributed by atoms with Crippen molar-refractivity contribution in [3.8, 4) is 11.5 Å². The molecule has 1 heterocycles. The van der Waals surface area contributed by atoms with Gasteiger partial charge in [-0.25, -0.2) is 4.79 Å². The summed E-state index contributed by atoms with van der Waals surface area (Å²) in [5.74, 6) is 0.130.